The number of methoxy groups -OCH3 is 1. The van der Waals surface area contributed by atoms with Crippen molar-refractivity contribution in [3.8, 4) is 0 Å². The first kappa shape index (κ1) is 24.3. The van der Waals surface area contributed by atoms with Gasteiger partial charge in [-0.15, -0.1) is 0 Å². The van der Waals surface area contributed by atoms with E-state index in [1.165, 1.54) is 25.7 Å². The molecule has 0 saturated heterocycles. The Balaban J connectivity index is 1.39. The molecule has 4 nitrogen and oxygen atoms in total. The highest BCUT2D eigenvalue weighted by molar-refractivity contribution is 5.98. The van der Waals surface area contributed by atoms with Gasteiger partial charge < -0.3 is 14.7 Å². The quantitative estimate of drug-likeness (QED) is 0.542. The standard InChI is InChI=1S/C30H45NO3/c1-28(33)16-17-30(19-34-5)21(18-28)8-11-23-24-12-13-26(29(24,2)15-14-25(23)30)27(32)20-6-9-22(10-7-20)31(3)4/h6-7,9-10,21,23-26,33H,8,11-19H2,1-5H3/t21?,23-,24-,25-,26+,28+,29-,30+/m0/s1. The lowest BCUT2D eigenvalue weighted by Crippen LogP contribution is -2.58. The minimum atomic E-state index is -0.523. The molecule has 0 spiro atoms. The first-order chi connectivity index (χ1) is 16.1. The van der Waals surface area contributed by atoms with E-state index in [0.717, 1.165) is 50.0 Å². The highest BCUT2D eigenvalue weighted by atomic mass is 16.5. The Morgan fingerprint density at radius 1 is 1.00 bits per heavy atom. The fourth-order valence-corrected chi connectivity index (χ4v) is 9.34. The first-order valence-corrected chi connectivity index (χ1v) is 13.6. The predicted octanol–water partition coefficient (Wildman–Crippen LogP) is 5.97. The number of benzene rings is 1. The van der Waals surface area contributed by atoms with Crippen molar-refractivity contribution in [2.24, 2.45) is 40.4 Å². The van der Waals surface area contributed by atoms with E-state index in [1.54, 1.807) is 0 Å². The molecule has 4 fully saturated rings. The number of anilines is 1. The van der Waals surface area contributed by atoms with Crippen molar-refractivity contribution in [3.63, 3.8) is 0 Å². The van der Waals surface area contributed by atoms with Crippen LogP contribution in [0.15, 0.2) is 24.3 Å². The Hall–Kier alpha value is -1.39. The van der Waals surface area contributed by atoms with Gasteiger partial charge in [-0.1, -0.05) is 6.92 Å². The Kier molecular flexibility index (Phi) is 6.16. The van der Waals surface area contributed by atoms with Gasteiger partial charge in [0.15, 0.2) is 5.78 Å². The van der Waals surface area contributed by atoms with Gasteiger partial charge in [0, 0.05) is 38.4 Å². The van der Waals surface area contributed by atoms with Crippen molar-refractivity contribution >= 4 is 11.5 Å². The molecule has 0 radical (unpaired) electrons. The lowest BCUT2D eigenvalue weighted by Gasteiger charge is -2.62. The van der Waals surface area contributed by atoms with Gasteiger partial charge in [-0.2, -0.15) is 0 Å². The van der Waals surface area contributed by atoms with Crippen molar-refractivity contribution in [3.05, 3.63) is 29.8 Å². The maximum absolute atomic E-state index is 13.8. The molecule has 4 heteroatoms. The molecule has 4 aliphatic rings. The molecule has 0 bridgehead atoms. The summed E-state index contributed by atoms with van der Waals surface area (Å²) in [6, 6.07) is 8.22. The number of fused-ring (bicyclic) bond motifs is 5. The van der Waals surface area contributed by atoms with Crippen molar-refractivity contribution in [1.29, 1.82) is 0 Å². The molecule has 8 atom stereocenters. The molecule has 1 N–H and O–H groups in total. The number of hydrogen-bond donors (Lipinski definition) is 1. The van der Waals surface area contributed by atoms with Crippen LogP contribution in [0.5, 0.6) is 0 Å². The summed E-state index contributed by atoms with van der Waals surface area (Å²) in [5.74, 6) is 3.08. The van der Waals surface area contributed by atoms with E-state index in [1.807, 2.05) is 40.3 Å². The van der Waals surface area contributed by atoms with Crippen molar-refractivity contribution < 1.29 is 14.6 Å². The van der Waals surface area contributed by atoms with Gasteiger partial charge in [-0.05, 0) is 123 Å². The number of rotatable bonds is 5. The topological polar surface area (TPSA) is 49.8 Å². The second kappa shape index (κ2) is 8.62. The van der Waals surface area contributed by atoms with E-state index in [0.29, 0.717) is 29.5 Å². The highest BCUT2D eigenvalue weighted by Gasteiger charge is 2.63. The number of nitrogens with zero attached hydrogens (tertiary/aromatic N) is 1. The zero-order valence-electron chi connectivity index (χ0n) is 22.0. The minimum Gasteiger partial charge on any atom is -0.390 e. The largest absolute Gasteiger partial charge is 0.390 e. The van der Waals surface area contributed by atoms with Crippen LogP contribution < -0.4 is 4.90 Å². The second-order valence-electron chi connectivity index (χ2n) is 13.0. The summed E-state index contributed by atoms with van der Waals surface area (Å²) in [7, 11) is 5.94. The third kappa shape index (κ3) is 3.75. The molecule has 0 heterocycles. The lowest BCUT2D eigenvalue weighted by atomic mass is 9.43. The number of carbonyl (C=O) groups is 1. The minimum absolute atomic E-state index is 0.111. The van der Waals surface area contributed by atoms with Crippen LogP contribution in [0.2, 0.25) is 0 Å². The highest BCUT2D eigenvalue weighted by Crippen LogP contribution is 2.68. The molecular weight excluding hydrogens is 422 g/mol. The van der Waals surface area contributed by atoms with Gasteiger partial charge in [-0.3, -0.25) is 4.79 Å². The number of carbonyl (C=O) groups excluding carboxylic acids is 1. The predicted molar refractivity (Wildman–Crippen MR) is 137 cm³/mol. The molecule has 5 rings (SSSR count). The summed E-state index contributed by atoms with van der Waals surface area (Å²) in [6.45, 7) is 5.31. The molecule has 4 saturated carbocycles. The molecule has 0 aromatic heterocycles. The Bertz CT molecular complexity index is 908. The third-order valence-corrected chi connectivity index (χ3v) is 11.1. The summed E-state index contributed by atoms with van der Waals surface area (Å²) in [5.41, 5.74) is 1.82. The van der Waals surface area contributed by atoms with E-state index in [-0.39, 0.29) is 16.7 Å². The number of hydrogen-bond acceptors (Lipinski definition) is 4. The van der Waals surface area contributed by atoms with Crippen LogP contribution >= 0.6 is 0 Å². The number of ether oxygens (including phenoxy) is 1. The maximum atomic E-state index is 13.8. The van der Waals surface area contributed by atoms with Gasteiger partial charge in [0.2, 0.25) is 0 Å². The SMILES string of the molecule is COC[C@]12CC[C@@](C)(O)CC1CC[C@@H]1[C@@H]2CC[C@]2(C)[C@@H](C(=O)c3ccc(N(C)C)cc3)CC[C@@H]12. The molecule has 0 aliphatic heterocycles. The van der Waals surface area contributed by atoms with Crippen LogP contribution in [0.25, 0.3) is 0 Å². The zero-order valence-corrected chi connectivity index (χ0v) is 22.0. The average Bonchev–Trinajstić information content (AvgIpc) is 3.16. The molecule has 1 unspecified atom stereocenters. The van der Waals surface area contributed by atoms with E-state index >= 15 is 0 Å². The van der Waals surface area contributed by atoms with Gasteiger partial charge in [0.1, 0.15) is 0 Å². The number of aliphatic hydroxyl groups is 1. The van der Waals surface area contributed by atoms with Crippen LogP contribution in [-0.4, -0.2) is 44.3 Å². The van der Waals surface area contributed by atoms with Gasteiger partial charge in [-0.25, -0.2) is 0 Å². The zero-order chi connectivity index (χ0) is 24.3. The number of Topliss-reactive ketones (excluding diaryl/α,β-unsaturated/α-hetero) is 1. The van der Waals surface area contributed by atoms with Crippen LogP contribution in [0.3, 0.4) is 0 Å². The normalized spacial score (nSPS) is 43.5. The van der Waals surface area contributed by atoms with Crippen molar-refractivity contribution in [1.82, 2.24) is 0 Å². The molecule has 1 aromatic carbocycles. The summed E-state index contributed by atoms with van der Waals surface area (Å²) in [4.78, 5) is 15.8. The van der Waals surface area contributed by atoms with E-state index in [4.69, 9.17) is 4.74 Å². The third-order valence-electron chi connectivity index (χ3n) is 11.1. The molecule has 0 amide bonds. The van der Waals surface area contributed by atoms with Gasteiger partial charge in [0.25, 0.3) is 0 Å². The Morgan fingerprint density at radius 3 is 2.41 bits per heavy atom. The molecule has 188 valence electrons. The average molecular weight is 468 g/mol. The van der Waals surface area contributed by atoms with Crippen molar-refractivity contribution in [2.75, 3.05) is 32.7 Å². The van der Waals surface area contributed by atoms with Crippen molar-refractivity contribution in [2.45, 2.75) is 77.2 Å². The van der Waals surface area contributed by atoms with Gasteiger partial charge in [0.05, 0.1) is 12.2 Å². The second-order valence-corrected chi connectivity index (χ2v) is 13.0. The van der Waals surface area contributed by atoms with E-state index in [2.05, 4.69) is 24.0 Å². The van der Waals surface area contributed by atoms with Gasteiger partial charge >= 0.3 is 0 Å². The van der Waals surface area contributed by atoms with Crippen LogP contribution in [-0.2, 0) is 4.74 Å². The molecule has 34 heavy (non-hydrogen) atoms. The fourth-order valence-electron chi connectivity index (χ4n) is 9.34. The monoisotopic (exact) mass is 467 g/mol. The summed E-state index contributed by atoms with van der Waals surface area (Å²) in [6.07, 6.45) is 9.96. The fraction of sp³-hybridized carbons (Fsp3) is 0.767. The Labute approximate surface area is 206 Å². The Morgan fingerprint density at radius 2 is 1.74 bits per heavy atom. The maximum Gasteiger partial charge on any atom is 0.166 e. The summed E-state index contributed by atoms with van der Waals surface area (Å²) in [5, 5.41) is 10.9. The van der Waals surface area contributed by atoms with Crippen LogP contribution in [0, 0.1) is 40.4 Å². The van der Waals surface area contributed by atoms with Crippen LogP contribution in [0.4, 0.5) is 5.69 Å². The van der Waals surface area contributed by atoms with E-state index < -0.39 is 5.60 Å². The lowest BCUT2D eigenvalue weighted by molar-refractivity contribution is -0.173. The summed E-state index contributed by atoms with van der Waals surface area (Å²) < 4.78 is 5.90. The van der Waals surface area contributed by atoms with E-state index in [9.17, 15) is 9.90 Å². The van der Waals surface area contributed by atoms with Crippen LogP contribution in [0.1, 0.15) is 82.0 Å². The first-order valence-electron chi connectivity index (χ1n) is 13.6. The number of ketones is 1. The molecule has 1 aromatic rings. The smallest absolute Gasteiger partial charge is 0.166 e. The summed E-state index contributed by atoms with van der Waals surface area (Å²) >= 11 is 0. The molecule has 4 aliphatic carbocycles. The molecular formula is C30H45NO3.